The van der Waals surface area contributed by atoms with Gasteiger partial charge in [0.2, 0.25) is 0 Å². The Labute approximate surface area is 39.1 Å². The van der Waals surface area contributed by atoms with Crippen molar-refractivity contribution >= 4 is 12.4 Å². The summed E-state index contributed by atoms with van der Waals surface area (Å²) in [6.07, 6.45) is 1.11. The Hall–Kier alpha value is -1.10. The first-order valence-corrected chi connectivity index (χ1v) is 1.37. The molecule has 0 saturated carbocycles. The average Bonchev–Trinajstić information content (AvgIpc) is 1.86. The summed E-state index contributed by atoms with van der Waals surface area (Å²) in [6.45, 7) is 0. The van der Waals surface area contributed by atoms with E-state index < -0.39 is 6.03 Å². The van der Waals surface area contributed by atoms with Crippen LogP contribution in [0.1, 0.15) is 0 Å². The van der Waals surface area contributed by atoms with E-state index in [1.165, 1.54) is 0 Å². The SMILES string of the molecule is O.O=C1N=CN=N1. The topological polar surface area (TPSA) is 85.6 Å². The van der Waals surface area contributed by atoms with Gasteiger partial charge in [0, 0.05) is 0 Å². The molecular weight excluding hydrogens is 98.0 g/mol. The second-order valence-corrected chi connectivity index (χ2v) is 0.743. The summed E-state index contributed by atoms with van der Waals surface area (Å²) in [4.78, 5) is 12.9. The number of hydrogen-bond donors (Lipinski definition) is 0. The predicted octanol–water partition coefficient (Wildman–Crippen LogP) is -0.224. The number of carbonyl (C=O) groups is 1. The molecule has 38 valence electrons. The molecule has 5 heteroatoms. The number of aliphatic imine (C=N–C) groups is 1. The van der Waals surface area contributed by atoms with Gasteiger partial charge >= 0.3 is 6.03 Å². The molecule has 0 atom stereocenters. The molecule has 2 amide bonds. The van der Waals surface area contributed by atoms with Gasteiger partial charge in [-0.05, 0) is 0 Å². The van der Waals surface area contributed by atoms with Gasteiger partial charge in [-0.1, -0.05) is 5.11 Å². The lowest BCUT2D eigenvalue weighted by Crippen LogP contribution is -1.70. The first-order chi connectivity index (χ1) is 2.89. The van der Waals surface area contributed by atoms with E-state index in [4.69, 9.17) is 0 Å². The lowest BCUT2D eigenvalue weighted by molar-refractivity contribution is 0.257. The number of urea groups is 1. The van der Waals surface area contributed by atoms with Crippen LogP contribution in [0.15, 0.2) is 15.2 Å². The predicted molar refractivity (Wildman–Crippen MR) is 22.4 cm³/mol. The van der Waals surface area contributed by atoms with Crippen molar-refractivity contribution in [2.45, 2.75) is 0 Å². The highest BCUT2D eigenvalue weighted by Crippen LogP contribution is 1.87. The van der Waals surface area contributed by atoms with Gasteiger partial charge in [0.1, 0.15) is 6.34 Å². The maximum atomic E-state index is 9.78. The summed E-state index contributed by atoms with van der Waals surface area (Å²) >= 11 is 0. The smallest absolute Gasteiger partial charge is 0.387 e. The monoisotopic (exact) mass is 101 g/mol. The molecule has 0 fully saturated rings. The van der Waals surface area contributed by atoms with Crippen molar-refractivity contribution in [1.82, 2.24) is 0 Å². The van der Waals surface area contributed by atoms with E-state index in [0.29, 0.717) is 0 Å². The number of amides is 2. The summed E-state index contributed by atoms with van der Waals surface area (Å²) in [5.41, 5.74) is 0. The summed E-state index contributed by atoms with van der Waals surface area (Å²) in [6, 6.07) is -0.519. The first-order valence-electron chi connectivity index (χ1n) is 1.37. The minimum atomic E-state index is -0.519. The zero-order valence-corrected chi connectivity index (χ0v) is 3.33. The number of carbonyl (C=O) groups excluding carboxylic acids is 1. The third-order valence-corrected chi connectivity index (χ3v) is 0.363. The van der Waals surface area contributed by atoms with Crippen molar-refractivity contribution in [1.29, 1.82) is 0 Å². The molecule has 1 rings (SSSR count). The van der Waals surface area contributed by atoms with Crippen LogP contribution in [0.4, 0.5) is 4.79 Å². The molecule has 0 aromatic carbocycles. The van der Waals surface area contributed by atoms with Crippen molar-refractivity contribution in [2.24, 2.45) is 15.2 Å². The van der Waals surface area contributed by atoms with Gasteiger partial charge in [-0.2, -0.15) is 4.99 Å². The van der Waals surface area contributed by atoms with Crippen LogP contribution in [-0.4, -0.2) is 17.8 Å². The van der Waals surface area contributed by atoms with Crippen molar-refractivity contribution in [3.63, 3.8) is 0 Å². The third-order valence-electron chi connectivity index (χ3n) is 0.363. The lowest BCUT2D eigenvalue weighted by Gasteiger charge is -1.58. The molecule has 0 spiro atoms. The minimum Gasteiger partial charge on any atom is -0.412 e. The molecule has 1 aliphatic heterocycles. The number of hydrogen-bond acceptors (Lipinski definition) is 2. The van der Waals surface area contributed by atoms with Crippen molar-refractivity contribution in [2.75, 3.05) is 0 Å². The highest BCUT2D eigenvalue weighted by molar-refractivity contribution is 5.87. The van der Waals surface area contributed by atoms with Crippen molar-refractivity contribution in [3.8, 4) is 0 Å². The van der Waals surface area contributed by atoms with Crippen LogP contribution in [0, 0.1) is 0 Å². The molecule has 0 aromatic rings. The van der Waals surface area contributed by atoms with Crippen LogP contribution in [0.2, 0.25) is 0 Å². The molecule has 0 aliphatic carbocycles. The van der Waals surface area contributed by atoms with Crippen molar-refractivity contribution < 1.29 is 10.3 Å². The molecule has 5 nitrogen and oxygen atoms in total. The van der Waals surface area contributed by atoms with Crippen LogP contribution in [0.5, 0.6) is 0 Å². The molecule has 1 heterocycles. The zero-order valence-electron chi connectivity index (χ0n) is 3.33. The Morgan fingerprint density at radius 1 is 1.57 bits per heavy atom. The lowest BCUT2D eigenvalue weighted by atomic mass is 11.1. The third kappa shape index (κ3) is 1.18. The van der Waals surface area contributed by atoms with Gasteiger partial charge in [-0.15, -0.1) is 5.11 Å². The summed E-state index contributed by atoms with van der Waals surface area (Å²) in [5.74, 6) is 0. The summed E-state index contributed by atoms with van der Waals surface area (Å²) in [7, 11) is 0. The quantitative estimate of drug-likeness (QED) is 0.414. The summed E-state index contributed by atoms with van der Waals surface area (Å²) < 4.78 is 0. The van der Waals surface area contributed by atoms with E-state index >= 15 is 0 Å². The van der Waals surface area contributed by atoms with Crippen LogP contribution in [0.25, 0.3) is 0 Å². The Kier molecular flexibility index (Phi) is 1.80. The van der Waals surface area contributed by atoms with Crippen LogP contribution < -0.4 is 0 Å². The maximum absolute atomic E-state index is 9.78. The van der Waals surface area contributed by atoms with Crippen LogP contribution in [-0.2, 0) is 0 Å². The molecule has 0 radical (unpaired) electrons. The normalized spacial score (nSPS) is 14.6. The van der Waals surface area contributed by atoms with Gasteiger partial charge < -0.3 is 5.48 Å². The maximum Gasteiger partial charge on any atom is 0.387 e. The largest absolute Gasteiger partial charge is 0.412 e. The number of azo groups is 1. The molecular formula is C2H3N3O2. The highest BCUT2D eigenvalue weighted by Gasteiger charge is 1.93. The second-order valence-electron chi connectivity index (χ2n) is 0.743. The Balaban J connectivity index is 0.000000360. The van der Waals surface area contributed by atoms with E-state index in [2.05, 4.69) is 15.2 Å². The molecule has 0 unspecified atom stereocenters. The van der Waals surface area contributed by atoms with Gasteiger partial charge in [-0.3, -0.25) is 0 Å². The Morgan fingerprint density at radius 2 is 2.29 bits per heavy atom. The fourth-order valence-corrected chi connectivity index (χ4v) is 0.176. The molecule has 0 saturated heterocycles. The molecule has 7 heavy (non-hydrogen) atoms. The molecule has 1 aliphatic rings. The van der Waals surface area contributed by atoms with Gasteiger partial charge in [0.15, 0.2) is 0 Å². The second kappa shape index (κ2) is 2.14. The van der Waals surface area contributed by atoms with E-state index in [1.54, 1.807) is 0 Å². The van der Waals surface area contributed by atoms with E-state index in [1.807, 2.05) is 0 Å². The van der Waals surface area contributed by atoms with Gasteiger partial charge in [0.25, 0.3) is 0 Å². The van der Waals surface area contributed by atoms with Gasteiger partial charge in [-0.25, -0.2) is 4.79 Å². The van der Waals surface area contributed by atoms with Crippen molar-refractivity contribution in [3.05, 3.63) is 0 Å². The number of nitrogens with zero attached hydrogens (tertiary/aromatic N) is 3. The van der Waals surface area contributed by atoms with Crippen LogP contribution in [0.3, 0.4) is 0 Å². The Morgan fingerprint density at radius 3 is 2.43 bits per heavy atom. The summed E-state index contributed by atoms with van der Waals surface area (Å²) in [5, 5.41) is 6.15. The fourth-order valence-electron chi connectivity index (χ4n) is 0.176. The zero-order chi connectivity index (χ0) is 4.41. The average molecular weight is 101 g/mol. The van der Waals surface area contributed by atoms with E-state index in [-0.39, 0.29) is 5.48 Å². The minimum absolute atomic E-state index is 0. The van der Waals surface area contributed by atoms with Crippen LogP contribution >= 0.6 is 0 Å². The highest BCUT2D eigenvalue weighted by atomic mass is 16.2. The fraction of sp³-hybridized carbons (Fsp3) is 0. The van der Waals surface area contributed by atoms with E-state index in [0.717, 1.165) is 6.34 Å². The van der Waals surface area contributed by atoms with E-state index in [9.17, 15) is 4.79 Å². The Bertz CT molecular complexity index is 113. The first kappa shape index (κ1) is 5.90. The van der Waals surface area contributed by atoms with Gasteiger partial charge in [0.05, 0.1) is 0 Å². The standard InChI is InChI=1S/C2HN3O.H2O/c6-2-3-1-4-5-2;/h1H;1H2. The molecule has 0 bridgehead atoms. The molecule has 2 N–H and O–H groups in total. The molecule has 0 aromatic heterocycles. The number of rotatable bonds is 0.